The molecule has 1 atom stereocenters. The Labute approximate surface area is 165 Å². The lowest BCUT2D eigenvalue weighted by molar-refractivity contribution is -0.0399. The van der Waals surface area contributed by atoms with E-state index in [-0.39, 0.29) is 11.7 Å². The second kappa shape index (κ2) is 7.78. The second-order valence-corrected chi connectivity index (χ2v) is 7.99. The van der Waals surface area contributed by atoms with Gasteiger partial charge in [-0.15, -0.1) is 0 Å². The zero-order chi connectivity index (χ0) is 19.6. The first-order valence-corrected chi connectivity index (χ1v) is 9.83. The van der Waals surface area contributed by atoms with Gasteiger partial charge in [0.15, 0.2) is 5.82 Å². The summed E-state index contributed by atoms with van der Waals surface area (Å²) in [7, 11) is 0. The van der Waals surface area contributed by atoms with Gasteiger partial charge in [-0.2, -0.15) is 5.26 Å². The number of ether oxygens (including phenoxy) is 2. The summed E-state index contributed by atoms with van der Waals surface area (Å²) in [5.41, 5.74) is 3.19. The Hall–Kier alpha value is -2.62. The van der Waals surface area contributed by atoms with E-state index in [2.05, 4.69) is 30.6 Å². The fraction of sp³-hybridized carbons (Fsp3) is 0.455. The Bertz CT molecular complexity index is 884. The summed E-state index contributed by atoms with van der Waals surface area (Å²) in [4.78, 5) is 4.78. The minimum atomic E-state index is -0.310. The van der Waals surface area contributed by atoms with E-state index in [1.807, 2.05) is 30.3 Å². The Kier molecular flexibility index (Phi) is 5.21. The molecule has 0 radical (unpaired) electrons. The van der Waals surface area contributed by atoms with Crippen LogP contribution in [0.5, 0.6) is 0 Å². The van der Waals surface area contributed by atoms with Crippen LogP contribution in [0.4, 0.5) is 17.3 Å². The number of pyridine rings is 1. The third-order valence-corrected chi connectivity index (χ3v) is 5.29. The largest absolute Gasteiger partial charge is 0.376 e. The van der Waals surface area contributed by atoms with E-state index in [0.29, 0.717) is 31.0 Å². The number of hydrogen-bond acceptors (Lipinski definition) is 6. The zero-order valence-electron chi connectivity index (χ0n) is 16.4. The van der Waals surface area contributed by atoms with Gasteiger partial charge < -0.3 is 20.1 Å². The molecule has 3 heterocycles. The van der Waals surface area contributed by atoms with Gasteiger partial charge in [0, 0.05) is 30.8 Å². The molecule has 0 unspecified atom stereocenters. The van der Waals surface area contributed by atoms with Crippen LogP contribution in [0.3, 0.4) is 0 Å². The van der Waals surface area contributed by atoms with Crippen molar-refractivity contribution in [3.8, 4) is 6.07 Å². The highest BCUT2D eigenvalue weighted by atomic mass is 16.5. The lowest BCUT2D eigenvalue weighted by Gasteiger charge is -2.34. The van der Waals surface area contributed by atoms with Crippen molar-refractivity contribution in [1.29, 1.82) is 5.26 Å². The van der Waals surface area contributed by atoms with Crippen LogP contribution in [0.25, 0.3) is 0 Å². The molecule has 2 aliphatic heterocycles. The number of fused-ring (bicyclic) bond motifs is 1. The third-order valence-electron chi connectivity index (χ3n) is 5.29. The number of rotatable bonds is 5. The van der Waals surface area contributed by atoms with Gasteiger partial charge in [0.05, 0.1) is 23.9 Å². The SMILES string of the molecule is CC1(C)Cc2c(C#N)c(Nc3ccccc3)nc(NC[C@H]3CCCO3)c2CO1. The highest BCUT2D eigenvalue weighted by molar-refractivity contribution is 5.70. The van der Waals surface area contributed by atoms with Crippen LogP contribution < -0.4 is 10.6 Å². The molecule has 6 heteroatoms. The minimum Gasteiger partial charge on any atom is -0.376 e. The van der Waals surface area contributed by atoms with E-state index in [9.17, 15) is 5.26 Å². The molecule has 2 aromatic rings. The molecule has 0 spiro atoms. The third kappa shape index (κ3) is 3.96. The predicted octanol–water partition coefficient (Wildman–Crippen LogP) is 4.14. The van der Waals surface area contributed by atoms with Crippen LogP contribution in [0, 0.1) is 11.3 Å². The van der Waals surface area contributed by atoms with Crippen LogP contribution in [0.2, 0.25) is 0 Å². The van der Waals surface area contributed by atoms with Gasteiger partial charge in [0.1, 0.15) is 11.9 Å². The standard InChI is InChI=1S/C22H26N4O2/c1-22(2)11-17-18(12-23)21(25-15-7-4-3-5-8-15)26-20(19(17)14-28-22)24-13-16-9-6-10-27-16/h3-5,7-8,16H,6,9-11,13-14H2,1-2H3,(H2,24,25,26)/t16-/m1/s1. The van der Waals surface area contributed by atoms with E-state index >= 15 is 0 Å². The lowest BCUT2D eigenvalue weighted by Crippen LogP contribution is -2.33. The molecule has 0 aliphatic carbocycles. The first kappa shape index (κ1) is 18.7. The van der Waals surface area contributed by atoms with Crippen molar-refractivity contribution in [2.24, 2.45) is 0 Å². The molecule has 28 heavy (non-hydrogen) atoms. The molecule has 0 saturated carbocycles. The van der Waals surface area contributed by atoms with E-state index in [0.717, 1.165) is 42.1 Å². The maximum Gasteiger partial charge on any atom is 0.151 e. The van der Waals surface area contributed by atoms with Crippen molar-refractivity contribution >= 4 is 17.3 Å². The molecule has 1 saturated heterocycles. The number of nitrogens with one attached hydrogen (secondary N) is 2. The molecule has 1 aromatic heterocycles. The van der Waals surface area contributed by atoms with Crippen LogP contribution in [-0.2, 0) is 22.5 Å². The van der Waals surface area contributed by atoms with Crippen molar-refractivity contribution in [3.05, 3.63) is 47.0 Å². The first-order valence-electron chi connectivity index (χ1n) is 9.83. The fourth-order valence-corrected chi connectivity index (χ4v) is 3.80. The quantitative estimate of drug-likeness (QED) is 0.814. The van der Waals surface area contributed by atoms with Gasteiger partial charge in [-0.25, -0.2) is 4.98 Å². The van der Waals surface area contributed by atoms with Crippen molar-refractivity contribution < 1.29 is 9.47 Å². The van der Waals surface area contributed by atoms with Crippen LogP contribution >= 0.6 is 0 Å². The van der Waals surface area contributed by atoms with E-state index < -0.39 is 0 Å². The fourth-order valence-electron chi connectivity index (χ4n) is 3.80. The van der Waals surface area contributed by atoms with Crippen LogP contribution in [0.1, 0.15) is 43.4 Å². The Morgan fingerprint density at radius 3 is 2.75 bits per heavy atom. The number of hydrogen-bond donors (Lipinski definition) is 2. The van der Waals surface area contributed by atoms with Crippen molar-refractivity contribution in [3.63, 3.8) is 0 Å². The average Bonchev–Trinajstić information content (AvgIpc) is 3.20. The molecular formula is C22H26N4O2. The van der Waals surface area contributed by atoms with Gasteiger partial charge >= 0.3 is 0 Å². The smallest absolute Gasteiger partial charge is 0.151 e. The van der Waals surface area contributed by atoms with Gasteiger partial charge in [0.25, 0.3) is 0 Å². The van der Waals surface area contributed by atoms with E-state index in [1.54, 1.807) is 0 Å². The number of nitrogens with zero attached hydrogens (tertiary/aromatic N) is 2. The molecule has 2 N–H and O–H groups in total. The molecular weight excluding hydrogens is 352 g/mol. The van der Waals surface area contributed by atoms with Crippen LogP contribution in [-0.4, -0.2) is 29.8 Å². The van der Waals surface area contributed by atoms with Gasteiger partial charge in [-0.3, -0.25) is 0 Å². The minimum absolute atomic E-state index is 0.208. The number of nitriles is 1. The zero-order valence-corrected chi connectivity index (χ0v) is 16.4. The summed E-state index contributed by atoms with van der Waals surface area (Å²) in [6.07, 6.45) is 3.04. The number of benzene rings is 1. The number of anilines is 3. The molecule has 146 valence electrons. The lowest BCUT2D eigenvalue weighted by atomic mass is 9.89. The monoisotopic (exact) mass is 378 g/mol. The van der Waals surface area contributed by atoms with Gasteiger partial charge in [0.2, 0.25) is 0 Å². The molecule has 1 fully saturated rings. The average molecular weight is 378 g/mol. The maximum absolute atomic E-state index is 9.90. The molecule has 2 aliphatic rings. The Morgan fingerprint density at radius 2 is 2.04 bits per heavy atom. The van der Waals surface area contributed by atoms with E-state index in [4.69, 9.17) is 14.5 Å². The molecule has 0 amide bonds. The van der Waals surface area contributed by atoms with E-state index in [1.165, 1.54) is 0 Å². The number of aromatic nitrogens is 1. The summed E-state index contributed by atoms with van der Waals surface area (Å²) in [5.74, 6) is 1.36. The first-order chi connectivity index (χ1) is 13.6. The van der Waals surface area contributed by atoms with Gasteiger partial charge in [-0.05, 0) is 44.4 Å². The van der Waals surface area contributed by atoms with Crippen molar-refractivity contribution in [1.82, 2.24) is 4.98 Å². The highest BCUT2D eigenvalue weighted by Crippen LogP contribution is 2.37. The normalized spacial score (nSPS) is 20.2. The van der Waals surface area contributed by atoms with Crippen molar-refractivity contribution in [2.75, 3.05) is 23.8 Å². The summed E-state index contributed by atoms with van der Waals surface area (Å²) < 4.78 is 11.8. The molecule has 4 rings (SSSR count). The summed E-state index contributed by atoms with van der Waals surface area (Å²) in [5, 5.41) is 16.7. The Morgan fingerprint density at radius 1 is 1.21 bits per heavy atom. The van der Waals surface area contributed by atoms with Crippen molar-refractivity contribution in [2.45, 2.75) is 51.4 Å². The molecule has 6 nitrogen and oxygen atoms in total. The number of para-hydroxylation sites is 1. The summed E-state index contributed by atoms with van der Waals surface area (Å²) in [6.45, 7) is 6.09. The topological polar surface area (TPSA) is 79.2 Å². The maximum atomic E-state index is 9.90. The summed E-state index contributed by atoms with van der Waals surface area (Å²) in [6, 6.07) is 12.2. The highest BCUT2D eigenvalue weighted by Gasteiger charge is 2.32. The Balaban J connectivity index is 1.72. The molecule has 0 bridgehead atoms. The summed E-state index contributed by atoms with van der Waals surface area (Å²) >= 11 is 0. The predicted molar refractivity (Wildman–Crippen MR) is 109 cm³/mol. The second-order valence-electron chi connectivity index (χ2n) is 7.99. The molecule has 1 aromatic carbocycles. The van der Waals surface area contributed by atoms with Gasteiger partial charge in [-0.1, -0.05) is 18.2 Å². The van der Waals surface area contributed by atoms with Crippen LogP contribution in [0.15, 0.2) is 30.3 Å².